The van der Waals surface area contributed by atoms with Crippen molar-refractivity contribution >= 4 is 11.8 Å². The van der Waals surface area contributed by atoms with Crippen LogP contribution in [0.5, 0.6) is 5.75 Å². The fourth-order valence-corrected chi connectivity index (χ4v) is 3.55. The molecular formula is C24H29FN2O3. The van der Waals surface area contributed by atoms with Crippen molar-refractivity contribution < 1.29 is 18.7 Å². The minimum atomic E-state index is -0.531. The zero-order valence-electron chi connectivity index (χ0n) is 17.4. The van der Waals surface area contributed by atoms with Crippen LogP contribution in [0.15, 0.2) is 48.5 Å². The lowest BCUT2D eigenvalue weighted by Crippen LogP contribution is -2.45. The van der Waals surface area contributed by atoms with Crippen LogP contribution in [-0.2, 0) is 11.3 Å². The second-order valence-electron chi connectivity index (χ2n) is 7.63. The minimum Gasteiger partial charge on any atom is -0.494 e. The van der Waals surface area contributed by atoms with Gasteiger partial charge in [-0.1, -0.05) is 37.6 Å². The molecule has 0 spiro atoms. The van der Waals surface area contributed by atoms with Gasteiger partial charge in [0.25, 0.3) is 5.91 Å². The lowest BCUT2D eigenvalue weighted by atomic mass is 9.96. The molecule has 30 heavy (non-hydrogen) atoms. The summed E-state index contributed by atoms with van der Waals surface area (Å²) in [6.45, 7) is 4.10. The van der Waals surface area contributed by atoms with E-state index in [-0.39, 0.29) is 23.3 Å². The van der Waals surface area contributed by atoms with Gasteiger partial charge in [-0.05, 0) is 49.1 Å². The van der Waals surface area contributed by atoms with Crippen LogP contribution in [0, 0.1) is 11.7 Å². The molecule has 1 fully saturated rings. The largest absolute Gasteiger partial charge is 0.494 e. The molecule has 0 radical (unpaired) electrons. The van der Waals surface area contributed by atoms with Gasteiger partial charge in [-0.15, -0.1) is 0 Å². The highest BCUT2D eigenvalue weighted by Gasteiger charge is 2.29. The molecule has 1 aliphatic rings. The summed E-state index contributed by atoms with van der Waals surface area (Å²) >= 11 is 0. The second kappa shape index (κ2) is 10.8. The first-order valence-corrected chi connectivity index (χ1v) is 10.6. The highest BCUT2D eigenvalue weighted by atomic mass is 19.1. The Hall–Kier alpha value is -2.89. The number of piperidine rings is 1. The molecule has 2 aromatic rings. The average molecular weight is 413 g/mol. The summed E-state index contributed by atoms with van der Waals surface area (Å²) in [6, 6.07) is 13.7. The van der Waals surface area contributed by atoms with Gasteiger partial charge >= 0.3 is 0 Å². The molecule has 160 valence electrons. The quantitative estimate of drug-likeness (QED) is 0.662. The van der Waals surface area contributed by atoms with Crippen molar-refractivity contribution in [2.45, 2.75) is 39.2 Å². The zero-order valence-corrected chi connectivity index (χ0v) is 17.4. The highest BCUT2D eigenvalue weighted by Crippen LogP contribution is 2.20. The molecule has 0 aliphatic carbocycles. The van der Waals surface area contributed by atoms with Gasteiger partial charge in [0.15, 0.2) is 0 Å². The molecule has 1 atom stereocenters. The summed E-state index contributed by atoms with van der Waals surface area (Å²) in [4.78, 5) is 26.9. The fraction of sp³-hybridized carbons (Fsp3) is 0.417. The molecule has 2 aromatic carbocycles. The van der Waals surface area contributed by atoms with E-state index in [9.17, 15) is 14.0 Å². The van der Waals surface area contributed by atoms with Crippen LogP contribution < -0.4 is 10.1 Å². The van der Waals surface area contributed by atoms with Crippen molar-refractivity contribution in [1.82, 2.24) is 10.2 Å². The number of halogens is 1. The standard InChI is InChI=1S/C24H29FN2O3/c1-2-3-15-30-20-12-10-18(11-13-20)16-26-23(28)19-7-6-14-27(17-19)24(29)21-8-4-5-9-22(21)25/h4-5,8-13,19H,2-3,6-7,14-17H2,1H3,(H,26,28). The summed E-state index contributed by atoms with van der Waals surface area (Å²) in [7, 11) is 0. The third-order valence-corrected chi connectivity index (χ3v) is 5.34. The molecule has 0 aromatic heterocycles. The number of amides is 2. The molecule has 1 aliphatic heterocycles. The highest BCUT2D eigenvalue weighted by molar-refractivity contribution is 5.95. The number of benzene rings is 2. The summed E-state index contributed by atoms with van der Waals surface area (Å²) in [5.74, 6) is -0.427. The number of unbranched alkanes of at least 4 members (excludes halogenated alkanes) is 1. The van der Waals surface area contributed by atoms with Crippen LogP contribution in [0.1, 0.15) is 48.5 Å². The van der Waals surface area contributed by atoms with Gasteiger partial charge in [-0.25, -0.2) is 4.39 Å². The van der Waals surface area contributed by atoms with Gasteiger partial charge in [0.2, 0.25) is 5.91 Å². The minimum absolute atomic E-state index is 0.0554. The normalized spacial score (nSPS) is 16.2. The number of carbonyl (C=O) groups excluding carboxylic acids is 2. The van der Waals surface area contributed by atoms with Crippen molar-refractivity contribution in [3.05, 3.63) is 65.5 Å². The Labute approximate surface area is 177 Å². The van der Waals surface area contributed by atoms with Gasteiger partial charge in [-0.2, -0.15) is 0 Å². The summed E-state index contributed by atoms with van der Waals surface area (Å²) in [5, 5.41) is 2.96. The third-order valence-electron chi connectivity index (χ3n) is 5.34. The topological polar surface area (TPSA) is 58.6 Å². The third kappa shape index (κ3) is 5.81. The van der Waals surface area contributed by atoms with Crippen LogP contribution in [0.2, 0.25) is 0 Å². The van der Waals surface area contributed by atoms with E-state index in [1.54, 1.807) is 17.0 Å². The molecule has 1 unspecified atom stereocenters. The number of carbonyl (C=O) groups is 2. The molecule has 6 heteroatoms. The maximum atomic E-state index is 13.9. The SMILES string of the molecule is CCCCOc1ccc(CNC(=O)C2CCCN(C(=O)c3ccccc3F)C2)cc1. The van der Waals surface area contributed by atoms with E-state index >= 15 is 0 Å². The molecule has 3 rings (SSSR count). The molecule has 1 N–H and O–H groups in total. The van der Waals surface area contributed by atoms with E-state index in [0.717, 1.165) is 37.0 Å². The van der Waals surface area contributed by atoms with E-state index in [1.807, 2.05) is 24.3 Å². The lowest BCUT2D eigenvalue weighted by Gasteiger charge is -2.32. The number of likely N-dealkylation sites (tertiary alicyclic amines) is 1. The molecule has 0 bridgehead atoms. The number of nitrogens with one attached hydrogen (secondary N) is 1. The molecule has 0 saturated carbocycles. The predicted octanol–water partition coefficient (Wildman–Crippen LogP) is 4.17. The number of hydrogen-bond acceptors (Lipinski definition) is 3. The monoisotopic (exact) mass is 412 g/mol. The van der Waals surface area contributed by atoms with Crippen LogP contribution in [0.25, 0.3) is 0 Å². The summed E-state index contributed by atoms with van der Waals surface area (Å²) < 4.78 is 19.6. The Morgan fingerprint density at radius 1 is 1.17 bits per heavy atom. The first-order valence-electron chi connectivity index (χ1n) is 10.6. The van der Waals surface area contributed by atoms with E-state index < -0.39 is 5.82 Å². The van der Waals surface area contributed by atoms with Crippen molar-refractivity contribution in [3.63, 3.8) is 0 Å². The first kappa shape index (κ1) is 21.8. The summed E-state index contributed by atoms with van der Waals surface area (Å²) in [5.41, 5.74) is 1.04. The Bertz CT molecular complexity index is 854. The molecule has 5 nitrogen and oxygen atoms in total. The Morgan fingerprint density at radius 3 is 2.67 bits per heavy atom. The molecular weight excluding hydrogens is 383 g/mol. The van der Waals surface area contributed by atoms with E-state index in [1.165, 1.54) is 12.1 Å². The van der Waals surface area contributed by atoms with Crippen LogP contribution >= 0.6 is 0 Å². The average Bonchev–Trinajstić information content (AvgIpc) is 2.78. The smallest absolute Gasteiger partial charge is 0.256 e. The number of hydrogen-bond donors (Lipinski definition) is 1. The molecule has 1 heterocycles. The zero-order chi connectivity index (χ0) is 21.3. The van der Waals surface area contributed by atoms with Gasteiger partial charge in [0.1, 0.15) is 11.6 Å². The van der Waals surface area contributed by atoms with Crippen LogP contribution in [-0.4, -0.2) is 36.4 Å². The molecule has 2 amide bonds. The van der Waals surface area contributed by atoms with Crippen molar-refractivity contribution in [1.29, 1.82) is 0 Å². The van der Waals surface area contributed by atoms with E-state index in [0.29, 0.717) is 26.2 Å². The van der Waals surface area contributed by atoms with Gasteiger partial charge in [-0.3, -0.25) is 9.59 Å². The fourth-order valence-electron chi connectivity index (χ4n) is 3.55. The van der Waals surface area contributed by atoms with Crippen LogP contribution in [0.3, 0.4) is 0 Å². The van der Waals surface area contributed by atoms with Gasteiger partial charge < -0.3 is 15.0 Å². The maximum Gasteiger partial charge on any atom is 0.256 e. The van der Waals surface area contributed by atoms with E-state index in [2.05, 4.69) is 12.2 Å². The Kier molecular flexibility index (Phi) is 7.82. The van der Waals surface area contributed by atoms with Gasteiger partial charge in [0, 0.05) is 19.6 Å². The maximum absolute atomic E-state index is 13.9. The second-order valence-corrected chi connectivity index (χ2v) is 7.63. The lowest BCUT2D eigenvalue weighted by molar-refractivity contribution is -0.126. The first-order chi connectivity index (χ1) is 14.6. The van der Waals surface area contributed by atoms with Crippen molar-refractivity contribution in [2.75, 3.05) is 19.7 Å². The number of rotatable bonds is 8. The molecule has 1 saturated heterocycles. The Balaban J connectivity index is 1.50. The van der Waals surface area contributed by atoms with Crippen LogP contribution in [0.4, 0.5) is 4.39 Å². The van der Waals surface area contributed by atoms with Gasteiger partial charge in [0.05, 0.1) is 18.1 Å². The summed E-state index contributed by atoms with van der Waals surface area (Å²) in [6.07, 6.45) is 3.56. The number of ether oxygens (including phenoxy) is 1. The van der Waals surface area contributed by atoms with Crippen molar-refractivity contribution in [3.8, 4) is 5.75 Å². The Morgan fingerprint density at radius 2 is 1.93 bits per heavy atom. The van der Waals surface area contributed by atoms with E-state index in [4.69, 9.17) is 4.74 Å². The predicted molar refractivity (Wildman–Crippen MR) is 114 cm³/mol. The van der Waals surface area contributed by atoms with Crippen molar-refractivity contribution in [2.24, 2.45) is 5.92 Å². The number of nitrogens with zero attached hydrogens (tertiary/aromatic N) is 1.